The summed E-state index contributed by atoms with van der Waals surface area (Å²) >= 11 is 6.04. The number of carbonyl (C=O) groups is 4. The first-order valence-electron chi connectivity index (χ1n) is 19.4. The van der Waals surface area contributed by atoms with Crippen molar-refractivity contribution in [1.82, 2.24) is 14.8 Å². The SMILES string of the molecule is COC(=O)/C(C)=C\CC12OC(C)(C)C3CC(C1=O)C(n1cnc(N)n1)C1C(=O)c4c(OC(=O)CCl)c5c(c(CC=C(C)C)c4OC132)OC(C)(CCC=C(C)C)C=C5. The van der Waals surface area contributed by atoms with E-state index in [4.69, 9.17) is 41.0 Å². The van der Waals surface area contributed by atoms with Gasteiger partial charge < -0.3 is 29.4 Å². The zero-order chi connectivity index (χ0) is 41.4. The first-order chi connectivity index (χ1) is 26.8. The molecule has 3 aliphatic carbocycles. The second-order valence-electron chi connectivity index (χ2n) is 17.1. The number of rotatable bonds is 11. The van der Waals surface area contributed by atoms with Crippen molar-refractivity contribution in [3.63, 3.8) is 0 Å². The van der Waals surface area contributed by atoms with Crippen LogP contribution in [0.2, 0.25) is 0 Å². The smallest absolute Gasteiger partial charge is 0.333 e. The predicted octanol–water partition coefficient (Wildman–Crippen LogP) is 6.87. The van der Waals surface area contributed by atoms with Gasteiger partial charge in [-0.15, -0.1) is 16.7 Å². The molecule has 7 atom stereocenters. The number of halogens is 1. The minimum atomic E-state index is -1.74. The number of esters is 2. The summed E-state index contributed by atoms with van der Waals surface area (Å²) in [5.74, 6) is -4.48. The van der Waals surface area contributed by atoms with Crippen molar-refractivity contribution in [3.05, 3.63) is 64.0 Å². The summed E-state index contributed by atoms with van der Waals surface area (Å²) < 4.78 is 34.0. The Balaban J connectivity index is 1.55. The first-order valence-corrected chi connectivity index (χ1v) is 19.9. The average Bonchev–Trinajstić information content (AvgIpc) is 3.64. The van der Waals surface area contributed by atoms with Gasteiger partial charge in [0.2, 0.25) is 5.95 Å². The number of methoxy groups -OCH3 is 1. The molecule has 4 heterocycles. The number of allylic oxidation sites excluding steroid dienone is 4. The van der Waals surface area contributed by atoms with Gasteiger partial charge >= 0.3 is 11.9 Å². The third kappa shape index (κ3) is 6.23. The summed E-state index contributed by atoms with van der Waals surface area (Å²) in [6.45, 7) is 15.4. The fraction of sp³-hybridized carbons (Fsp3) is 0.535. The van der Waals surface area contributed by atoms with Crippen molar-refractivity contribution in [1.29, 1.82) is 0 Å². The van der Waals surface area contributed by atoms with E-state index >= 15 is 9.59 Å². The van der Waals surface area contributed by atoms with Gasteiger partial charge in [0.25, 0.3) is 0 Å². The lowest BCUT2D eigenvalue weighted by molar-refractivity contribution is -0.209. The zero-order valence-electron chi connectivity index (χ0n) is 34.0. The van der Waals surface area contributed by atoms with Gasteiger partial charge in [0, 0.05) is 29.4 Å². The molecule has 57 heavy (non-hydrogen) atoms. The van der Waals surface area contributed by atoms with Crippen LogP contribution >= 0.6 is 11.6 Å². The van der Waals surface area contributed by atoms with Crippen LogP contribution in [0.4, 0.5) is 5.95 Å². The first kappa shape index (κ1) is 40.4. The molecule has 3 aliphatic heterocycles. The van der Waals surface area contributed by atoms with E-state index in [0.717, 1.165) is 12.0 Å². The van der Waals surface area contributed by atoms with Crippen LogP contribution < -0.4 is 19.9 Å². The van der Waals surface area contributed by atoms with Gasteiger partial charge in [0.15, 0.2) is 28.5 Å². The Hall–Kier alpha value is -4.75. The molecule has 1 spiro atoms. The van der Waals surface area contributed by atoms with Crippen LogP contribution in [-0.4, -0.2) is 73.7 Å². The van der Waals surface area contributed by atoms with Crippen LogP contribution in [0.5, 0.6) is 17.2 Å². The summed E-state index contributed by atoms with van der Waals surface area (Å²) in [4.78, 5) is 61.3. The monoisotopic (exact) mass is 802 g/mol. The lowest BCUT2D eigenvalue weighted by Gasteiger charge is -2.62. The van der Waals surface area contributed by atoms with Crippen molar-refractivity contribution in [2.45, 2.75) is 116 Å². The number of hydrogen-bond donors (Lipinski definition) is 1. The van der Waals surface area contributed by atoms with Crippen molar-refractivity contribution >= 4 is 47.1 Å². The molecular formula is C43H51ClN4O9. The Bertz CT molecular complexity index is 2190. The fourth-order valence-electron chi connectivity index (χ4n) is 9.92. The molecule has 0 amide bonds. The highest BCUT2D eigenvalue weighted by molar-refractivity contribution is 6.26. The molecule has 2 aromatic rings. The topological polar surface area (TPSA) is 171 Å². The maximum absolute atomic E-state index is 16.0. The van der Waals surface area contributed by atoms with E-state index in [9.17, 15) is 9.59 Å². The maximum Gasteiger partial charge on any atom is 0.333 e. The number of nitrogen functional groups attached to an aromatic ring is 1. The van der Waals surface area contributed by atoms with Crippen LogP contribution in [-0.2, 0) is 30.3 Å². The van der Waals surface area contributed by atoms with Gasteiger partial charge in [0.05, 0.1) is 30.2 Å². The molecule has 4 bridgehead atoms. The summed E-state index contributed by atoms with van der Waals surface area (Å²) in [5, 5.41) is 4.44. The summed E-state index contributed by atoms with van der Waals surface area (Å²) in [6, 6.07) is -0.894. The number of aromatic nitrogens is 3. The summed E-state index contributed by atoms with van der Waals surface area (Å²) in [6.07, 6.45) is 12.8. The van der Waals surface area contributed by atoms with Gasteiger partial charge in [-0.1, -0.05) is 29.4 Å². The van der Waals surface area contributed by atoms with E-state index in [1.165, 1.54) is 23.7 Å². The molecule has 0 radical (unpaired) electrons. The number of ketones is 2. The highest BCUT2D eigenvalue weighted by Gasteiger charge is 2.86. The van der Waals surface area contributed by atoms with Gasteiger partial charge in [-0.3, -0.25) is 14.4 Å². The number of carbonyl (C=O) groups excluding carboxylic acids is 4. The standard InChI is InChI=1S/C43H51ClN4O9/c1-22(2)11-10-16-41(8)17-15-26-34(55-41)25(13-12-23(3)4)36-30(35(26)54-29(49)20-44)33(50)31-32(48-21-46-39(45)47-48)27-19-28-40(6,7)57-42(37(27)51,43(28,31)56-36)18-14-24(5)38(52)53-9/h11-12,14-15,17,21,27-28,31-32H,10,13,16,18-20H2,1-9H3,(H2,45,47)/b24-14-. The van der Waals surface area contributed by atoms with Gasteiger partial charge in [-0.05, 0) is 93.2 Å². The minimum Gasteiger partial charge on any atom is -0.482 e. The van der Waals surface area contributed by atoms with Gasteiger partial charge in [0.1, 0.15) is 34.9 Å². The predicted molar refractivity (Wildman–Crippen MR) is 212 cm³/mol. The van der Waals surface area contributed by atoms with Crippen LogP contribution in [0.25, 0.3) is 6.08 Å². The largest absolute Gasteiger partial charge is 0.482 e. The molecule has 3 saturated carbocycles. The molecule has 304 valence electrons. The van der Waals surface area contributed by atoms with Crippen molar-refractivity contribution < 1.29 is 42.9 Å². The number of fused-ring (bicyclic) bond motifs is 2. The third-order valence-corrected chi connectivity index (χ3v) is 12.6. The second-order valence-corrected chi connectivity index (χ2v) is 17.4. The van der Waals surface area contributed by atoms with Gasteiger partial charge in [-0.2, -0.15) is 0 Å². The Kier molecular flexibility index (Phi) is 10.1. The third-order valence-electron chi connectivity index (χ3n) is 12.4. The van der Waals surface area contributed by atoms with Gasteiger partial charge in [-0.25, -0.2) is 14.5 Å². The molecule has 1 aromatic heterocycles. The second kappa shape index (κ2) is 14.3. The van der Waals surface area contributed by atoms with E-state index in [0.29, 0.717) is 29.7 Å². The maximum atomic E-state index is 16.0. The highest BCUT2D eigenvalue weighted by atomic mass is 35.5. The molecule has 14 heteroatoms. The Morgan fingerprint density at radius 1 is 1.05 bits per heavy atom. The molecular weight excluding hydrogens is 752 g/mol. The molecule has 7 unspecified atom stereocenters. The van der Waals surface area contributed by atoms with Crippen LogP contribution in [0, 0.1) is 17.8 Å². The molecule has 6 aliphatic rings. The van der Waals surface area contributed by atoms with Crippen LogP contribution in [0.1, 0.15) is 109 Å². The minimum absolute atomic E-state index is 0.0295. The number of Topliss-reactive ketones (excluding diaryl/α,β-unsaturated/α-hetero) is 2. The van der Waals surface area contributed by atoms with Crippen LogP contribution in [0.3, 0.4) is 0 Å². The highest BCUT2D eigenvalue weighted by Crippen LogP contribution is 2.72. The number of hydrogen-bond acceptors (Lipinski definition) is 12. The van der Waals surface area contributed by atoms with Crippen LogP contribution in [0.15, 0.2) is 47.4 Å². The molecule has 4 fully saturated rings. The molecule has 1 saturated heterocycles. The number of benzene rings is 1. The Morgan fingerprint density at radius 3 is 2.40 bits per heavy atom. The van der Waals surface area contributed by atoms with E-state index in [-0.39, 0.29) is 47.2 Å². The Morgan fingerprint density at radius 2 is 1.77 bits per heavy atom. The Labute approximate surface area is 337 Å². The molecule has 8 rings (SSSR count). The number of alkyl halides is 1. The van der Waals surface area contributed by atoms with Crippen molar-refractivity contribution in [2.75, 3.05) is 18.7 Å². The average molecular weight is 803 g/mol. The van der Waals surface area contributed by atoms with E-state index in [1.807, 2.05) is 66.7 Å². The van der Waals surface area contributed by atoms with Crippen molar-refractivity contribution in [3.8, 4) is 17.2 Å². The normalized spacial score (nSPS) is 30.0. The quantitative estimate of drug-likeness (QED) is 0.0823. The summed E-state index contributed by atoms with van der Waals surface area (Å²) in [5.41, 5.74) is 4.35. The number of ether oxygens (including phenoxy) is 5. The van der Waals surface area contributed by atoms with E-state index in [1.54, 1.807) is 13.0 Å². The fourth-order valence-corrected chi connectivity index (χ4v) is 9.98. The van der Waals surface area contributed by atoms with Crippen molar-refractivity contribution in [2.24, 2.45) is 17.8 Å². The number of nitrogens with zero attached hydrogens (tertiary/aromatic N) is 3. The molecule has 13 nitrogen and oxygen atoms in total. The van der Waals surface area contributed by atoms with E-state index < -0.39 is 69.8 Å². The molecule has 1 aromatic carbocycles. The summed E-state index contributed by atoms with van der Waals surface area (Å²) in [7, 11) is 1.28. The molecule has 2 N–H and O–H groups in total. The number of anilines is 1. The zero-order valence-corrected chi connectivity index (χ0v) is 34.7. The number of nitrogens with two attached hydrogens (primary N) is 1. The van der Waals surface area contributed by atoms with E-state index in [2.05, 4.69) is 16.2 Å². The lowest BCUT2D eigenvalue weighted by atomic mass is 9.45. The lowest BCUT2D eigenvalue weighted by Crippen LogP contribution is -2.78.